The summed E-state index contributed by atoms with van der Waals surface area (Å²) in [5, 5.41) is 0. The van der Waals surface area contributed by atoms with Crippen molar-refractivity contribution >= 4 is 5.97 Å². The summed E-state index contributed by atoms with van der Waals surface area (Å²) >= 11 is 0. The van der Waals surface area contributed by atoms with Gasteiger partial charge in [-0.05, 0) is 27.7 Å². The number of nitrogens with two attached hydrogens (primary N) is 1. The zero-order chi connectivity index (χ0) is 14.1. The molecule has 0 aliphatic carbocycles. The first-order chi connectivity index (χ1) is 8.07. The van der Waals surface area contributed by atoms with Crippen LogP contribution in [0.15, 0.2) is 4.42 Å². The molecule has 0 aliphatic heterocycles. The molecule has 0 aliphatic rings. The fourth-order valence-electron chi connectivity index (χ4n) is 1.16. The molecule has 1 aromatic rings. The molecule has 1 rings (SSSR count). The number of aryl methyl sites for hydroxylation is 1. The van der Waals surface area contributed by atoms with Crippen molar-refractivity contribution in [1.82, 2.24) is 4.98 Å². The second kappa shape index (κ2) is 4.64. The molecule has 0 saturated heterocycles. The smallest absolute Gasteiger partial charge is 0.361 e. The molecule has 1 heterocycles. The third-order valence-electron chi connectivity index (χ3n) is 1.96. The summed E-state index contributed by atoms with van der Waals surface area (Å²) in [5.74, 6) is -5.09. The number of hydrogen-bond acceptors (Lipinski definition) is 5. The van der Waals surface area contributed by atoms with Crippen molar-refractivity contribution in [3.8, 4) is 0 Å². The predicted molar refractivity (Wildman–Crippen MR) is 59.4 cm³/mol. The second-order valence-corrected chi connectivity index (χ2v) is 4.83. The molecule has 102 valence electrons. The standard InChI is InChI=1S/C11H16F2N2O3/c1-6-7(8(16)18-10(2,3)4)15-9(17-6)11(12,13)5-14/h5,14H2,1-4H3. The Morgan fingerprint density at radius 2 is 2.00 bits per heavy atom. The van der Waals surface area contributed by atoms with E-state index in [2.05, 4.69) is 4.98 Å². The highest BCUT2D eigenvalue weighted by atomic mass is 19.3. The largest absolute Gasteiger partial charge is 0.455 e. The molecule has 0 amide bonds. The molecule has 0 fully saturated rings. The van der Waals surface area contributed by atoms with Gasteiger partial charge in [0.15, 0.2) is 5.69 Å². The summed E-state index contributed by atoms with van der Waals surface area (Å²) in [6.07, 6.45) is 0. The SMILES string of the molecule is Cc1oc(C(F)(F)CN)nc1C(=O)OC(C)(C)C. The number of esters is 1. The average Bonchev–Trinajstić information content (AvgIpc) is 2.58. The van der Waals surface area contributed by atoms with Crippen LogP contribution in [-0.2, 0) is 10.7 Å². The number of carbonyl (C=O) groups excluding carboxylic acids is 1. The Balaban J connectivity index is 3.02. The number of alkyl halides is 2. The highest BCUT2D eigenvalue weighted by Gasteiger charge is 2.38. The van der Waals surface area contributed by atoms with Crippen LogP contribution in [0.2, 0.25) is 0 Å². The van der Waals surface area contributed by atoms with Crippen LogP contribution >= 0.6 is 0 Å². The van der Waals surface area contributed by atoms with Crippen LogP contribution in [0.25, 0.3) is 0 Å². The van der Waals surface area contributed by atoms with Crippen molar-refractivity contribution in [2.24, 2.45) is 5.73 Å². The van der Waals surface area contributed by atoms with E-state index >= 15 is 0 Å². The molecule has 18 heavy (non-hydrogen) atoms. The number of hydrogen-bond donors (Lipinski definition) is 1. The maximum Gasteiger partial charge on any atom is 0.361 e. The lowest BCUT2D eigenvalue weighted by atomic mass is 10.2. The van der Waals surface area contributed by atoms with E-state index in [1.165, 1.54) is 6.92 Å². The van der Waals surface area contributed by atoms with E-state index in [0.717, 1.165) is 0 Å². The summed E-state index contributed by atoms with van der Waals surface area (Å²) in [7, 11) is 0. The van der Waals surface area contributed by atoms with Gasteiger partial charge in [0.2, 0.25) is 0 Å². The molecule has 0 spiro atoms. The van der Waals surface area contributed by atoms with Gasteiger partial charge < -0.3 is 14.9 Å². The minimum absolute atomic E-state index is 0.0209. The average molecular weight is 262 g/mol. The van der Waals surface area contributed by atoms with E-state index < -0.39 is 29.9 Å². The number of carbonyl (C=O) groups is 1. The molecule has 0 bridgehead atoms. The fraction of sp³-hybridized carbons (Fsp3) is 0.636. The van der Waals surface area contributed by atoms with Crippen molar-refractivity contribution in [2.75, 3.05) is 6.54 Å². The summed E-state index contributed by atoms with van der Waals surface area (Å²) < 4.78 is 36.3. The van der Waals surface area contributed by atoms with Crippen molar-refractivity contribution in [3.05, 3.63) is 17.3 Å². The Morgan fingerprint density at radius 3 is 2.44 bits per heavy atom. The second-order valence-electron chi connectivity index (χ2n) is 4.83. The Kier molecular flexibility index (Phi) is 3.75. The quantitative estimate of drug-likeness (QED) is 0.843. The van der Waals surface area contributed by atoms with Crippen LogP contribution in [0.4, 0.5) is 8.78 Å². The number of rotatable bonds is 3. The van der Waals surface area contributed by atoms with Crippen molar-refractivity contribution in [2.45, 2.75) is 39.2 Å². The number of nitrogens with zero attached hydrogens (tertiary/aromatic N) is 1. The Hall–Kier alpha value is -1.50. The highest BCUT2D eigenvalue weighted by molar-refractivity contribution is 5.88. The molecule has 2 N–H and O–H groups in total. The third-order valence-corrected chi connectivity index (χ3v) is 1.96. The highest BCUT2D eigenvalue weighted by Crippen LogP contribution is 2.28. The van der Waals surface area contributed by atoms with Gasteiger partial charge in [-0.25, -0.2) is 9.78 Å². The molecule has 0 radical (unpaired) electrons. The lowest BCUT2D eigenvalue weighted by Crippen LogP contribution is -2.26. The van der Waals surface area contributed by atoms with Crippen molar-refractivity contribution < 1.29 is 22.7 Å². The van der Waals surface area contributed by atoms with Gasteiger partial charge in [-0.2, -0.15) is 8.78 Å². The number of oxazole rings is 1. The minimum Gasteiger partial charge on any atom is -0.455 e. The van der Waals surface area contributed by atoms with Crippen LogP contribution in [0.5, 0.6) is 0 Å². The molecule has 0 atom stereocenters. The molecular weight excluding hydrogens is 246 g/mol. The van der Waals surface area contributed by atoms with Gasteiger partial charge in [0.25, 0.3) is 5.89 Å². The van der Waals surface area contributed by atoms with E-state index in [9.17, 15) is 13.6 Å². The Morgan fingerprint density at radius 1 is 1.44 bits per heavy atom. The first-order valence-corrected chi connectivity index (χ1v) is 5.36. The van der Waals surface area contributed by atoms with Crippen molar-refractivity contribution in [1.29, 1.82) is 0 Å². The van der Waals surface area contributed by atoms with Gasteiger partial charge in [0, 0.05) is 0 Å². The molecular formula is C11H16F2N2O3. The lowest BCUT2D eigenvalue weighted by Gasteiger charge is -2.18. The van der Waals surface area contributed by atoms with Crippen LogP contribution in [0, 0.1) is 6.92 Å². The van der Waals surface area contributed by atoms with Crippen LogP contribution in [-0.4, -0.2) is 23.1 Å². The van der Waals surface area contributed by atoms with Gasteiger partial charge in [0.1, 0.15) is 11.4 Å². The van der Waals surface area contributed by atoms with E-state index in [-0.39, 0.29) is 11.5 Å². The van der Waals surface area contributed by atoms with Gasteiger partial charge in [-0.1, -0.05) is 0 Å². The zero-order valence-corrected chi connectivity index (χ0v) is 10.7. The van der Waals surface area contributed by atoms with Crippen LogP contribution in [0.1, 0.15) is 42.9 Å². The summed E-state index contributed by atoms with van der Waals surface area (Å²) in [6, 6.07) is 0. The summed E-state index contributed by atoms with van der Waals surface area (Å²) in [6.45, 7) is 5.41. The maximum absolute atomic E-state index is 13.2. The molecule has 0 aromatic carbocycles. The molecule has 5 nitrogen and oxygen atoms in total. The number of halogens is 2. The molecule has 1 aromatic heterocycles. The van der Waals surface area contributed by atoms with Gasteiger partial charge in [0.05, 0.1) is 6.54 Å². The van der Waals surface area contributed by atoms with E-state index in [0.29, 0.717) is 0 Å². The Bertz CT molecular complexity index is 450. The van der Waals surface area contributed by atoms with Crippen LogP contribution < -0.4 is 5.73 Å². The van der Waals surface area contributed by atoms with E-state index in [4.69, 9.17) is 14.9 Å². The minimum atomic E-state index is -3.40. The summed E-state index contributed by atoms with van der Waals surface area (Å²) in [5.41, 5.74) is 3.92. The molecule has 0 saturated carbocycles. The molecule has 0 unspecified atom stereocenters. The van der Waals surface area contributed by atoms with Gasteiger partial charge in [-0.3, -0.25) is 0 Å². The molecule has 7 heteroatoms. The predicted octanol–water partition coefficient (Wildman–Crippen LogP) is 1.99. The number of ether oxygens (including phenoxy) is 1. The fourth-order valence-corrected chi connectivity index (χ4v) is 1.16. The van der Waals surface area contributed by atoms with Crippen LogP contribution in [0.3, 0.4) is 0 Å². The lowest BCUT2D eigenvalue weighted by molar-refractivity contribution is -0.0220. The zero-order valence-electron chi connectivity index (χ0n) is 10.7. The first kappa shape index (κ1) is 14.6. The number of aromatic nitrogens is 1. The normalized spacial score (nSPS) is 12.6. The maximum atomic E-state index is 13.2. The van der Waals surface area contributed by atoms with E-state index in [1.54, 1.807) is 20.8 Å². The topological polar surface area (TPSA) is 78.4 Å². The van der Waals surface area contributed by atoms with E-state index in [1.807, 2.05) is 0 Å². The first-order valence-electron chi connectivity index (χ1n) is 5.36. The monoisotopic (exact) mass is 262 g/mol. The van der Waals surface area contributed by atoms with Gasteiger partial charge >= 0.3 is 11.9 Å². The van der Waals surface area contributed by atoms with Gasteiger partial charge in [-0.15, -0.1) is 0 Å². The van der Waals surface area contributed by atoms with Crippen molar-refractivity contribution in [3.63, 3.8) is 0 Å². The Labute approximate surface area is 103 Å². The summed E-state index contributed by atoms with van der Waals surface area (Å²) in [4.78, 5) is 15.2. The third kappa shape index (κ3) is 3.25.